The molecule has 1 N–H and O–H groups in total. The summed E-state index contributed by atoms with van der Waals surface area (Å²) in [5, 5.41) is 10.5. The van der Waals surface area contributed by atoms with E-state index in [4.69, 9.17) is 4.42 Å². The minimum absolute atomic E-state index is 0.0918. The number of rotatable bonds is 12. The van der Waals surface area contributed by atoms with Crippen molar-refractivity contribution in [3.05, 3.63) is 49.7 Å². The number of methoxy groups -OCH3 is 1. The Bertz CT molecular complexity index is 1170. The summed E-state index contributed by atoms with van der Waals surface area (Å²) in [4.78, 5) is 41.7. The second-order valence-corrected chi connectivity index (χ2v) is 10.8. The number of aliphatic imine (C=N–C) groups is 1. The lowest BCUT2D eigenvalue weighted by atomic mass is 9.73. The van der Waals surface area contributed by atoms with E-state index < -0.39 is 52.7 Å². The third kappa shape index (κ3) is 9.46. The number of ether oxygens (including phenoxy) is 1. The number of aromatic hydroxyl groups is 1. The van der Waals surface area contributed by atoms with Gasteiger partial charge in [-0.3, -0.25) is 4.79 Å². The molecule has 37 heavy (non-hydrogen) atoms. The molecule has 0 aliphatic carbocycles. The highest BCUT2D eigenvalue weighted by molar-refractivity contribution is 7.12. The number of alkyl halides is 3. The molecule has 11 heteroatoms. The van der Waals surface area contributed by atoms with E-state index in [9.17, 15) is 32.7 Å². The maximum atomic E-state index is 13.2. The van der Waals surface area contributed by atoms with Crippen molar-refractivity contribution in [1.29, 1.82) is 0 Å². The molecule has 0 radical (unpaired) electrons. The summed E-state index contributed by atoms with van der Waals surface area (Å²) in [6, 6.07) is 4.69. The predicted octanol–water partition coefficient (Wildman–Crippen LogP) is 6.54. The molecule has 0 fully saturated rings. The van der Waals surface area contributed by atoms with Gasteiger partial charge < -0.3 is 14.3 Å². The summed E-state index contributed by atoms with van der Waals surface area (Å²) in [6.07, 6.45) is -1.93. The van der Waals surface area contributed by atoms with Crippen LogP contribution in [0.25, 0.3) is 0 Å². The fourth-order valence-corrected chi connectivity index (χ4v) is 4.95. The Balaban J connectivity index is 2.02. The molecule has 204 valence electrons. The van der Waals surface area contributed by atoms with Gasteiger partial charge in [0.05, 0.1) is 7.11 Å². The Morgan fingerprint density at radius 3 is 2.49 bits per heavy atom. The second-order valence-electron chi connectivity index (χ2n) is 9.52. The van der Waals surface area contributed by atoms with E-state index in [0.29, 0.717) is 37.0 Å². The first-order valence-electron chi connectivity index (χ1n) is 11.9. The lowest BCUT2D eigenvalue weighted by Crippen LogP contribution is -2.33. The van der Waals surface area contributed by atoms with Crippen LogP contribution in [0.3, 0.4) is 0 Å². The van der Waals surface area contributed by atoms with Gasteiger partial charge in [-0.2, -0.15) is 18.2 Å². The number of unbranched alkanes of at least 4 members (excludes halogenated alkanes) is 2. The largest absolute Gasteiger partial charge is 0.507 e. The number of amides is 1. The van der Waals surface area contributed by atoms with Gasteiger partial charge in [-0.25, -0.2) is 9.59 Å². The molecule has 2 aromatic heterocycles. The molecule has 0 aliphatic heterocycles. The van der Waals surface area contributed by atoms with E-state index in [2.05, 4.69) is 9.73 Å². The molecule has 0 bridgehead atoms. The Labute approximate surface area is 217 Å². The van der Waals surface area contributed by atoms with Gasteiger partial charge in [-0.15, -0.1) is 11.3 Å². The lowest BCUT2D eigenvalue weighted by Gasteiger charge is -2.30. The fourth-order valence-electron chi connectivity index (χ4n) is 3.70. The van der Waals surface area contributed by atoms with Crippen LogP contribution in [-0.4, -0.2) is 36.5 Å². The van der Waals surface area contributed by atoms with Gasteiger partial charge in [0.25, 0.3) is 0 Å². The monoisotopic (exact) mass is 543 g/mol. The fraction of sp³-hybridized carbons (Fsp3) is 0.538. The number of carbonyl (C=O) groups excluding carboxylic acids is 2. The molecule has 2 heterocycles. The van der Waals surface area contributed by atoms with E-state index in [1.54, 1.807) is 19.1 Å². The van der Waals surface area contributed by atoms with Gasteiger partial charge in [0.2, 0.25) is 0 Å². The quantitative estimate of drug-likeness (QED) is 0.185. The van der Waals surface area contributed by atoms with E-state index in [1.165, 1.54) is 30.7 Å². The van der Waals surface area contributed by atoms with Crippen molar-refractivity contribution in [2.75, 3.05) is 7.11 Å². The number of aryl methyl sites for hydroxylation is 2. The van der Waals surface area contributed by atoms with Crippen molar-refractivity contribution in [2.24, 2.45) is 16.3 Å². The number of hydrogen-bond acceptors (Lipinski definition) is 7. The number of ketones is 1. The predicted molar refractivity (Wildman–Crippen MR) is 135 cm³/mol. The molecule has 0 saturated heterocycles. The first-order valence-corrected chi connectivity index (χ1v) is 12.7. The SMILES string of the molecule is COC(=O)N=CCCCCc1cc(O)c(C(=O)C(C)C(C)(C)Cc2ccc(CCC(F)(F)F)s2)c(=O)o1. The van der Waals surface area contributed by atoms with Gasteiger partial charge in [0.1, 0.15) is 17.1 Å². The van der Waals surface area contributed by atoms with Gasteiger partial charge in [-0.05, 0) is 49.7 Å². The maximum absolute atomic E-state index is 13.2. The van der Waals surface area contributed by atoms with Crippen LogP contribution in [-0.2, 0) is 24.0 Å². The van der Waals surface area contributed by atoms with Gasteiger partial charge in [0, 0.05) is 40.8 Å². The summed E-state index contributed by atoms with van der Waals surface area (Å²) in [6.45, 7) is 5.33. The van der Waals surface area contributed by atoms with Crippen molar-refractivity contribution in [3.8, 4) is 5.75 Å². The van der Waals surface area contributed by atoms with Crippen LogP contribution in [0.1, 0.15) is 72.3 Å². The highest BCUT2D eigenvalue weighted by Gasteiger charge is 2.35. The third-order valence-corrected chi connectivity index (χ3v) is 7.32. The first-order chi connectivity index (χ1) is 17.2. The molecular formula is C26H32F3NO6S. The van der Waals surface area contributed by atoms with Crippen LogP contribution in [0.4, 0.5) is 18.0 Å². The van der Waals surface area contributed by atoms with Crippen molar-refractivity contribution in [1.82, 2.24) is 0 Å². The van der Waals surface area contributed by atoms with Crippen LogP contribution >= 0.6 is 11.3 Å². The molecule has 1 atom stereocenters. The zero-order valence-corrected chi connectivity index (χ0v) is 22.1. The van der Waals surface area contributed by atoms with Crippen molar-refractivity contribution >= 4 is 29.4 Å². The Kier molecular flexibility index (Phi) is 10.7. The summed E-state index contributed by atoms with van der Waals surface area (Å²) in [7, 11) is 1.23. The standard InChI is InChI=1S/C26H32F3NO6S/c1-16(25(2,3)15-19-10-9-18(37-19)11-12-26(27,28)29)22(32)21-20(31)14-17(36-23(21)33)8-6-5-7-13-30-24(34)35-4/h9-10,13-14,16,31H,5-8,11-12,15H2,1-4H3. The average Bonchev–Trinajstić information content (AvgIpc) is 3.24. The minimum Gasteiger partial charge on any atom is -0.507 e. The van der Waals surface area contributed by atoms with E-state index >= 15 is 0 Å². The van der Waals surface area contributed by atoms with Crippen LogP contribution in [0.2, 0.25) is 0 Å². The van der Waals surface area contributed by atoms with Crippen molar-refractivity contribution < 1.29 is 37.0 Å². The first kappa shape index (κ1) is 30.3. The molecule has 1 unspecified atom stereocenters. The number of halogens is 3. The number of nitrogens with zero attached hydrogens (tertiary/aromatic N) is 1. The van der Waals surface area contributed by atoms with E-state index in [1.807, 2.05) is 13.8 Å². The van der Waals surface area contributed by atoms with Gasteiger partial charge >= 0.3 is 17.9 Å². The molecular weight excluding hydrogens is 511 g/mol. The van der Waals surface area contributed by atoms with Crippen LogP contribution < -0.4 is 5.63 Å². The summed E-state index contributed by atoms with van der Waals surface area (Å²) >= 11 is 1.28. The molecule has 1 amide bonds. The zero-order valence-electron chi connectivity index (χ0n) is 21.3. The molecule has 7 nitrogen and oxygen atoms in total. The number of thiophene rings is 1. The Morgan fingerprint density at radius 2 is 1.86 bits per heavy atom. The zero-order chi connectivity index (χ0) is 27.8. The molecule has 0 aliphatic rings. The molecule has 2 rings (SSSR count). The highest BCUT2D eigenvalue weighted by Crippen LogP contribution is 2.36. The second kappa shape index (κ2) is 13.0. The van der Waals surface area contributed by atoms with Crippen LogP contribution in [0.5, 0.6) is 5.75 Å². The minimum atomic E-state index is -4.22. The maximum Gasteiger partial charge on any atom is 0.432 e. The highest BCUT2D eigenvalue weighted by atomic mass is 32.1. The van der Waals surface area contributed by atoms with Crippen LogP contribution in [0, 0.1) is 11.3 Å². The third-order valence-electron chi connectivity index (χ3n) is 6.17. The van der Waals surface area contributed by atoms with Gasteiger partial charge in [-0.1, -0.05) is 20.8 Å². The summed E-state index contributed by atoms with van der Waals surface area (Å²) in [5.74, 6) is -1.45. The lowest BCUT2D eigenvalue weighted by molar-refractivity contribution is -0.133. The smallest absolute Gasteiger partial charge is 0.432 e. The number of Topliss-reactive ketones (excluding diaryl/α,β-unsaturated/α-hetero) is 1. The summed E-state index contributed by atoms with van der Waals surface area (Å²) in [5.41, 5.74) is -1.97. The molecule has 0 saturated carbocycles. The molecule has 0 spiro atoms. The van der Waals surface area contributed by atoms with E-state index in [-0.39, 0.29) is 12.2 Å². The molecule has 0 aromatic carbocycles. The van der Waals surface area contributed by atoms with Gasteiger partial charge in [0.15, 0.2) is 5.78 Å². The summed E-state index contributed by atoms with van der Waals surface area (Å²) < 4.78 is 47.2. The Morgan fingerprint density at radius 1 is 1.19 bits per heavy atom. The normalized spacial score (nSPS) is 13.2. The van der Waals surface area contributed by atoms with Crippen molar-refractivity contribution in [3.63, 3.8) is 0 Å². The van der Waals surface area contributed by atoms with E-state index in [0.717, 1.165) is 4.88 Å². The average molecular weight is 544 g/mol. The number of hydrogen-bond donors (Lipinski definition) is 1. The number of carbonyl (C=O) groups is 2. The Hall–Kier alpha value is -2.95. The topological polar surface area (TPSA) is 106 Å². The van der Waals surface area contributed by atoms with Crippen molar-refractivity contribution in [2.45, 2.75) is 71.9 Å². The van der Waals surface area contributed by atoms with Crippen LogP contribution in [0.15, 0.2) is 32.4 Å². The molecule has 2 aromatic rings.